The van der Waals surface area contributed by atoms with Crippen LogP contribution in [-0.2, 0) is 40.1 Å². The van der Waals surface area contributed by atoms with E-state index in [-0.39, 0.29) is 36.2 Å². The maximum atomic E-state index is 11.0. The molecule has 0 radical (unpaired) electrons. The van der Waals surface area contributed by atoms with E-state index >= 15 is 0 Å². The quantitative estimate of drug-likeness (QED) is 0.0984. The first-order valence-corrected chi connectivity index (χ1v) is 11.6. The molecule has 0 aromatic heterocycles. The van der Waals surface area contributed by atoms with Crippen LogP contribution in [-0.4, -0.2) is 118 Å². The Balaban J connectivity index is 0.00000432. The molecule has 0 bridgehead atoms. The van der Waals surface area contributed by atoms with E-state index in [0.29, 0.717) is 0 Å². The molecule has 0 saturated carbocycles. The molecule has 0 spiro atoms. The molecule has 2 fully saturated rings. The minimum absolute atomic E-state index is 0. The van der Waals surface area contributed by atoms with Gasteiger partial charge in [0, 0.05) is 0 Å². The topological polar surface area (TPSA) is 225 Å². The molecule has 1 aromatic carbocycles. The van der Waals surface area contributed by atoms with Crippen molar-refractivity contribution in [2.75, 3.05) is 13.2 Å². The van der Waals surface area contributed by atoms with Crippen molar-refractivity contribution in [3.63, 3.8) is 0 Å². The molecule has 2 saturated heterocycles. The average Bonchev–Trinajstić information content (AvgIpc) is 2.80. The fraction of sp³-hybridized carbons (Fsp3) is 0.684. The third kappa shape index (κ3) is 7.84. The molecule has 2 aliphatic heterocycles. The standard InChI is InChI=1S/C19H28O14S.Na/c20-6-10-12(22)17(33-34(26,27)28)15(25)19(30-10)32-16-11(7-21)31-18(14(24)13(16)23)29-8-9-4-2-1-3-5-9;/h1-5,10-25H,6-8H2,(H,26,27,28);/q;+1/p-1/t10-,11-,12+,13-,14-,15-,16-,17+,18-,19+;/m1./s1. The van der Waals surface area contributed by atoms with Crippen LogP contribution in [0.25, 0.3) is 0 Å². The molecule has 0 unspecified atom stereocenters. The summed E-state index contributed by atoms with van der Waals surface area (Å²) in [4.78, 5) is 0. The van der Waals surface area contributed by atoms with Crippen LogP contribution in [0.3, 0.4) is 0 Å². The number of hydrogen-bond acceptors (Lipinski definition) is 14. The van der Waals surface area contributed by atoms with Crippen LogP contribution in [0, 0.1) is 0 Å². The van der Waals surface area contributed by atoms with E-state index in [9.17, 15) is 43.6 Å². The van der Waals surface area contributed by atoms with Crippen molar-refractivity contribution < 1.29 is 96.3 Å². The van der Waals surface area contributed by atoms with Crippen molar-refractivity contribution in [3.8, 4) is 0 Å². The van der Waals surface area contributed by atoms with Crippen molar-refractivity contribution in [1.82, 2.24) is 0 Å². The summed E-state index contributed by atoms with van der Waals surface area (Å²) in [5.41, 5.74) is 0.749. The van der Waals surface area contributed by atoms with Gasteiger partial charge in [-0.2, -0.15) is 0 Å². The van der Waals surface area contributed by atoms with Gasteiger partial charge < -0.3 is 54.1 Å². The largest absolute Gasteiger partial charge is 1.00 e. The first-order chi connectivity index (χ1) is 16.1. The SMILES string of the molecule is O=S(=O)([O-])O[C@H]1[C@@H](O)[C@@H](CO)O[C@@H](O[C@H]2[C@H](O)[C@@H](O)[C@H](OCc3ccccc3)O[C@@H]2CO)[C@@H]1O.[Na+]. The zero-order valence-corrected chi connectivity index (χ0v) is 21.5. The average molecular weight is 534 g/mol. The minimum atomic E-state index is -5.38. The summed E-state index contributed by atoms with van der Waals surface area (Å²) in [6.07, 6.45) is -17.1. The molecule has 0 aliphatic carbocycles. The van der Waals surface area contributed by atoms with Crippen LogP contribution in [0.5, 0.6) is 0 Å². The molecule has 14 nitrogen and oxygen atoms in total. The Kier molecular flexibility index (Phi) is 11.9. The van der Waals surface area contributed by atoms with Crippen LogP contribution >= 0.6 is 0 Å². The van der Waals surface area contributed by atoms with Gasteiger partial charge in [0.1, 0.15) is 48.8 Å². The smallest absolute Gasteiger partial charge is 0.726 e. The van der Waals surface area contributed by atoms with E-state index in [1.807, 2.05) is 0 Å². The van der Waals surface area contributed by atoms with Gasteiger partial charge in [-0.1, -0.05) is 30.3 Å². The van der Waals surface area contributed by atoms with Gasteiger partial charge in [-0.25, -0.2) is 8.42 Å². The second-order valence-corrected chi connectivity index (χ2v) is 8.79. The van der Waals surface area contributed by atoms with E-state index in [2.05, 4.69) is 4.18 Å². The summed E-state index contributed by atoms with van der Waals surface area (Å²) in [6.45, 7) is -1.59. The minimum Gasteiger partial charge on any atom is -0.726 e. The van der Waals surface area contributed by atoms with Gasteiger partial charge in [0.25, 0.3) is 0 Å². The number of aliphatic hydroxyl groups excluding tert-OH is 6. The molecule has 35 heavy (non-hydrogen) atoms. The summed E-state index contributed by atoms with van der Waals surface area (Å²) in [7, 11) is -5.38. The Bertz CT molecular complexity index is 874. The summed E-state index contributed by atoms with van der Waals surface area (Å²) in [5.74, 6) is 0. The summed E-state index contributed by atoms with van der Waals surface area (Å²) >= 11 is 0. The molecule has 3 rings (SSSR count). The fourth-order valence-corrected chi connectivity index (χ4v) is 4.18. The van der Waals surface area contributed by atoms with Crippen molar-refractivity contribution in [3.05, 3.63) is 35.9 Å². The Hall–Kier alpha value is -0.310. The van der Waals surface area contributed by atoms with Crippen molar-refractivity contribution in [1.29, 1.82) is 0 Å². The normalized spacial score (nSPS) is 38.0. The van der Waals surface area contributed by atoms with Crippen LogP contribution in [0.2, 0.25) is 0 Å². The molecule has 10 atom stereocenters. The summed E-state index contributed by atoms with van der Waals surface area (Å²) in [6, 6.07) is 8.86. The van der Waals surface area contributed by atoms with Crippen molar-refractivity contribution in [2.45, 2.75) is 68.0 Å². The number of hydrogen-bond donors (Lipinski definition) is 6. The molecular weight excluding hydrogens is 507 g/mol. The summed E-state index contributed by atoms with van der Waals surface area (Å²) < 4.78 is 58.8. The third-order valence-corrected chi connectivity index (χ3v) is 5.88. The van der Waals surface area contributed by atoms with Crippen LogP contribution in [0.4, 0.5) is 0 Å². The zero-order valence-electron chi connectivity index (χ0n) is 18.6. The van der Waals surface area contributed by atoms with Gasteiger partial charge in [-0.15, -0.1) is 0 Å². The molecule has 0 amide bonds. The molecular formula is C19H27NaO14S. The maximum Gasteiger partial charge on any atom is 1.00 e. The predicted octanol–water partition coefficient (Wildman–Crippen LogP) is -6.68. The fourth-order valence-electron chi connectivity index (χ4n) is 3.68. The Morgan fingerprint density at radius 3 is 2.00 bits per heavy atom. The van der Waals surface area contributed by atoms with E-state index in [1.165, 1.54) is 0 Å². The van der Waals surface area contributed by atoms with E-state index in [0.717, 1.165) is 5.56 Å². The van der Waals surface area contributed by atoms with Gasteiger partial charge in [0.2, 0.25) is 10.4 Å². The summed E-state index contributed by atoms with van der Waals surface area (Å²) in [5, 5.41) is 60.6. The molecule has 1 aromatic rings. The van der Waals surface area contributed by atoms with Gasteiger partial charge in [0.05, 0.1) is 19.8 Å². The first-order valence-electron chi connectivity index (χ1n) is 10.3. The molecule has 194 valence electrons. The van der Waals surface area contributed by atoms with E-state index in [1.54, 1.807) is 30.3 Å². The van der Waals surface area contributed by atoms with Crippen molar-refractivity contribution in [2.24, 2.45) is 0 Å². The Morgan fingerprint density at radius 2 is 1.43 bits per heavy atom. The van der Waals surface area contributed by atoms with Crippen LogP contribution < -0.4 is 29.6 Å². The number of ether oxygens (including phenoxy) is 4. The van der Waals surface area contributed by atoms with Crippen LogP contribution in [0.1, 0.15) is 5.56 Å². The Labute approximate surface area is 223 Å². The second-order valence-electron chi connectivity index (χ2n) is 7.78. The predicted molar refractivity (Wildman–Crippen MR) is 106 cm³/mol. The second kappa shape index (κ2) is 13.5. The number of benzene rings is 1. The molecule has 16 heteroatoms. The van der Waals surface area contributed by atoms with Crippen LogP contribution in [0.15, 0.2) is 30.3 Å². The van der Waals surface area contributed by atoms with Gasteiger partial charge in [0.15, 0.2) is 12.6 Å². The van der Waals surface area contributed by atoms with E-state index < -0.39 is 85.0 Å². The monoisotopic (exact) mass is 534 g/mol. The maximum absolute atomic E-state index is 11.0. The van der Waals surface area contributed by atoms with Gasteiger partial charge in [-0.3, -0.25) is 4.18 Å². The van der Waals surface area contributed by atoms with Gasteiger partial charge in [-0.05, 0) is 5.56 Å². The number of aliphatic hydroxyl groups is 6. The first kappa shape index (κ1) is 30.9. The van der Waals surface area contributed by atoms with Crippen molar-refractivity contribution >= 4 is 10.4 Å². The third-order valence-electron chi connectivity index (χ3n) is 5.42. The molecule has 2 aliphatic rings. The zero-order chi connectivity index (χ0) is 25.0. The number of rotatable bonds is 9. The Morgan fingerprint density at radius 1 is 0.829 bits per heavy atom. The molecule has 6 N–H and O–H groups in total. The van der Waals surface area contributed by atoms with Gasteiger partial charge >= 0.3 is 29.6 Å². The van der Waals surface area contributed by atoms with E-state index in [4.69, 9.17) is 18.9 Å². The molecule has 2 heterocycles.